The number of carboxylic acids is 4. The maximum Gasteiger partial charge on any atom is 0.414 e. The summed E-state index contributed by atoms with van der Waals surface area (Å²) in [5.41, 5.74) is 1.81. The lowest BCUT2D eigenvalue weighted by Crippen LogP contribution is -2.24. The number of fused-ring (bicyclic) bond motifs is 1. The second-order valence-electron chi connectivity index (χ2n) is 8.18. The fourth-order valence-corrected chi connectivity index (χ4v) is 3.51. The molecule has 0 aliphatic carbocycles. The van der Waals surface area contributed by atoms with Gasteiger partial charge in [0.25, 0.3) is 0 Å². The first kappa shape index (κ1) is 28.8. The summed E-state index contributed by atoms with van der Waals surface area (Å²) in [7, 11) is 2.20. The van der Waals surface area contributed by atoms with Gasteiger partial charge in [0.1, 0.15) is 17.0 Å². The third-order valence-corrected chi connectivity index (χ3v) is 5.26. The Balaban J connectivity index is 0.000000336. The molecule has 4 heterocycles. The van der Waals surface area contributed by atoms with Crippen LogP contribution in [0.4, 0.5) is 5.95 Å². The summed E-state index contributed by atoms with van der Waals surface area (Å²) >= 11 is 0. The number of hydrogen-bond acceptors (Lipinski definition) is 9. The van der Waals surface area contributed by atoms with Crippen molar-refractivity contribution >= 4 is 41.0 Å². The highest BCUT2D eigenvalue weighted by Crippen LogP contribution is 2.23. The Bertz CT molecular complexity index is 1190. The predicted octanol–water partition coefficient (Wildman–Crippen LogP) is 1.59. The Labute approximate surface area is 211 Å². The van der Waals surface area contributed by atoms with E-state index in [-0.39, 0.29) is 0 Å². The fraction of sp³-hybridized carbons (Fsp3) is 0.391. The molecule has 0 radical (unpaired) electrons. The highest BCUT2D eigenvalue weighted by atomic mass is 16.4. The number of hydrogen-bond donors (Lipinski definition) is 5. The summed E-state index contributed by atoms with van der Waals surface area (Å²) < 4.78 is 7.90. The molecule has 1 fully saturated rings. The van der Waals surface area contributed by atoms with Crippen molar-refractivity contribution in [1.29, 1.82) is 0 Å². The number of carbonyl (C=O) groups is 4. The van der Waals surface area contributed by atoms with Gasteiger partial charge in [0, 0.05) is 12.2 Å². The largest absolute Gasteiger partial charge is 0.473 e. The van der Waals surface area contributed by atoms with Crippen LogP contribution in [0.15, 0.2) is 34.9 Å². The summed E-state index contributed by atoms with van der Waals surface area (Å²) in [6.45, 7) is 4.89. The molecule has 0 aromatic carbocycles. The van der Waals surface area contributed by atoms with E-state index in [1.54, 1.807) is 0 Å². The maximum absolute atomic E-state index is 9.10. The van der Waals surface area contributed by atoms with E-state index in [0.29, 0.717) is 12.6 Å². The first-order chi connectivity index (χ1) is 17.5. The van der Waals surface area contributed by atoms with Crippen molar-refractivity contribution in [3.8, 4) is 0 Å². The van der Waals surface area contributed by atoms with E-state index < -0.39 is 23.9 Å². The maximum atomic E-state index is 9.10. The second kappa shape index (κ2) is 13.6. The second-order valence-corrected chi connectivity index (χ2v) is 8.18. The van der Waals surface area contributed by atoms with E-state index in [1.165, 1.54) is 19.4 Å². The van der Waals surface area contributed by atoms with Crippen molar-refractivity contribution in [3.63, 3.8) is 0 Å². The van der Waals surface area contributed by atoms with Gasteiger partial charge in [-0.15, -0.1) is 0 Å². The highest BCUT2D eigenvalue weighted by Gasteiger charge is 2.19. The van der Waals surface area contributed by atoms with Crippen molar-refractivity contribution < 1.29 is 44.0 Å². The zero-order valence-electron chi connectivity index (χ0n) is 20.3. The Morgan fingerprint density at radius 2 is 1.65 bits per heavy atom. The van der Waals surface area contributed by atoms with Gasteiger partial charge in [-0.2, -0.15) is 0 Å². The smallest absolute Gasteiger partial charge is 0.414 e. The van der Waals surface area contributed by atoms with Crippen LogP contribution < -0.4 is 5.32 Å². The van der Waals surface area contributed by atoms with Crippen LogP contribution in [0.2, 0.25) is 0 Å². The molecule has 1 unspecified atom stereocenters. The van der Waals surface area contributed by atoms with Gasteiger partial charge in [0.15, 0.2) is 5.65 Å². The first-order valence-electron chi connectivity index (χ1n) is 11.2. The number of likely N-dealkylation sites (tertiary alicyclic amines) is 1. The molecule has 14 heteroatoms. The van der Waals surface area contributed by atoms with Gasteiger partial charge in [-0.25, -0.2) is 29.1 Å². The highest BCUT2D eigenvalue weighted by molar-refractivity contribution is 6.27. The molecular formula is C23H29N5O9. The standard InChI is InChI=1S/C19H25N5O.2C2H2O4/c1-14-7-8-16(25-14)13-24-18-17(6-3-10-20-18)22-19(24)21-15-5-4-11-23(2)12-9-15;2*3-1(4)2(5)6/h3,6-8,10,15H,4-5,9,11-13H2,1-2H3,(H,21,22);2*(H,3,4)(H,5,6). The van der Waals surface area contributed by atoms with Gasteiger partial charge in [-0.3, -0.25) is 4.57 Å². The van der Waals surface area contributed by atoms with Crippen LogP contribution in [-0.2, 0) is 25.7 Å². The van der Waals surface area contributed by atoms with Crippen molar-refractivity contribution in [2.75, 3.05) is 25.5 Å². The quantitative estimate of drug-likeness (QED) is 0.311. The summed E-state index contributed by atoms with van der Waals surface area (Å²) in [4.78, 5) is 48.1. The fourth-order valence-electron chi connectivity index (χ4n) is 3.51. The zero-order valence-corrected chi connectivity index (χ0v) is 20.3. The van der Waals surface area contributed by atoms with Crippen LogP contribution in [0.3, 0.4) is 0 Å². The van der Waals surface area contributed by atoms with Crippen LogP contribution in [-0.4, -0.2) is 89.9 Å². The molecule has 1 atom stereocenters. The van der Waals surface area contributed by atoms with Gasteiger partial charge in [0.2, 0.25) is 5.95 Å². The number of imidazole rings is 1. The Morgan fingerprint density at radius 1 is 1.00 bits per heavy atom. The molecule has 1 aliphatic rings. The van der Waals surface area contributed by atoms with Crippen LogP contribution in [0, 0.1) is 6.92 Å². The normalized spacial score (nSPS) is 15.4. The molecule has 0 spiro atoms. The SMILES string of the molecule is Cc1ccc(Cn2c(NC3CCCN(C)CC3)nc3cccnc32)o1.O=C(O)C(=O)O.O=C(O)C(=O)O. The van der Waals surface area contributed by atoms with Crippen LogP contribution >= 0.6 is 0 Å². The summed E-state index contributed by atoms with van der Waals surface area (Å²) in [6.07, 6.45) is 5.33. The lowest BCUT2D eigenvalue weighted by molar-refractivity contribution is -0.159. The summed E-state index contributed by atoms with van der Waals surface area (Å²) in [5.74, 6) is -4.56. The van der Waals surface area contributed by atoms with E-state index in [2.05, 4.69) is 26.8 Å². The molecule has 0 saturated carbocycles. The molecule has 4 rings (SSSR count). The molecule has 5 N–H and O–H groups in total. The number of aliphatic carboxylic acids is 4. The molecule has 1 aliphatic heterocycles. The molecule has 37 heavy (non-hydrogen) atoms. The molecule has 3 aromatic heterocycles. The number of pyridine rings is 1. The molecular weight excluding hydrogens is 490 g/mol. The summed E-state index contributed by atoms with van der Waals surface area (Å²) in [6, 6.07) is 8.41. The van der Waals surface area contributed by atoms with Crippen molar-refractivity contribution in [3.05, 3.63) is 42.0 Å². The number of aryl methyl sites for hydroxylation is 1. The summed E-state index contributed by atoms with van der Waals surface area (Å²) in [5, 5.41) is 33.2. The molecule has 3 aromatic rings. The monoisotopic (exact) mass is 519 g/mol. The van der Waals surface area contributed by atoms with Gasteiger partial charge < -0.3 is 35.1 Å². The zero-order chi connectivity index (χ0) is 27.5. The van der Waals surface area contributed by atoms with Crippen LogP contribution in [0.1, 0.15) is 30.8 Å². The van der Waals surface area contributed by atoms with Gasteiger partial charge in [-0.05, 0) is 70.6 Å². The number of nitrogens with one attached hydrogen (secondary N) is 1. The third kappa shape index (κ3) is 9.25. The number of furan rings is 1. The molecule has 0 amide bonds. The van der Waals surface area contributed by atoms with Crippen LogP contribution in [0.25, 0.3) is 11.2 Å². The third-order valence-electron chi connectivity index (χ3n) is 5.26. The average Bonchev–Trinajstić information content (AvgIpc) is 3.33. The number of carboxylic acid groups (broad SMARTS) is 4. The van der Waals surface area contributed by atoms with E-state index >= 15 is 0 Å². The van der Waals surface area contributed by atoms with Gasteiger partial charge in [-0.1, -0.05) is 0 Å². The lowest BCUT2D eigenvalue weighted by Gasteiger charge is -2.18. The minimum atomic E-state index is -1.82. The molecule has 200 valence electrons. The average molecular weight is 520 g/mol. The Morgan fingerprint density at radius 3 is 2.22 bits per heavy atom. The number of nitrogens with zero attached hydrogens (tertiary/aromatic N) is 4. The Hall–Kier alpha value is -4.46. The number of aromatic nitrogens is 3. The van der Waals surface area contributed by atoms with E-state index in [1.807, 2.05) is 37.4 Å². The van der Waals surface area contributed by atoms with E-state index in [4.69, 9.17) is 49.0 Å². The first-order valence-corrected chi connectivity index (χ1v) is 11.2. The van der Waals surface area contributed by atoms with E-state index in [0.717, 1.165) is 41.6 Å². The van der Waals surface area contributed by atoms with Gasteiger partial charge >= 0.3 is 23.9 Å². The van der Waals surface area contributed by atoms with E-state index in [9.17, 15) is 0 Å². The molecule has 0 bridgehead atoms. The molecule has 1 saturated heterocycles. The minimum Gasteiger partial charge on any atom is -0.473 e. The number of anilines is 1. The topological polar surface area (TPSA) is 208 Å². The molecule has 14 nitrogen and oxygen atoms in total. The predicted molar refractivity (Wildman–Crippen MR) is 129 cm³/mol. The lowest BCUT2D eigenvalue weighted by atomic mass is 10.1. The minimum absolute atomic E-state index is 0.443. The number of rotatable bonds is 4. The van der Waals surface area contributed by atoms with Gasteiger partial charge in [0.05, 0.1) is 6.54 Å². The van der Waals surface area contributed by atoms with Crippen molar-refractivity contribution in [2.24, 2.45) is 0 Å². The van der Waals surface area contributed by atoms with Crippen LogP contribution in [0.5, 0.6) is 0 Å². The van der Waals surface area contributed by atoms with Crippen molar-refractivity contribution in [1.82, 2.24) is 19.4 Å². The van der Waals surface area contributed by atoms with Crippen molar-refractivity contribution in [2.45, 2.75) is 38.8 Å². The Kier molecular flexibility index (Phi) is 10.6.